The Balaban J connectivity index is 1.21. The maximum absolute atomic E-state index is 6.10. The van der Waals surface area contributed by atoms with Crippen LogP contribution >= 0.6 is 11.6 Å². The Bertz CT molecular complexity index is 1130. The van der Waals surface area contributed by atoms with Crippen molar-refractivity contribution in [2.45, 2.75) is 25.3 Å². The lowest BCUT2D eigenvalue weighted by molar-refractivity contribution is 0.553. The normalized spacial score (nSPS) is 20.4. The molecule has 0 radical (unpaired) electrons. The molecule has 0 spiro atoms. The van der Waals surface area contributed by atoms with Crippen LogP contribution in [-0.2, 0) is 12.8 Å². The van der Waals surface area contributed by atoms with Gasteiger partial charge in [0.15, 0.2) is 0 Å². The highest BCUT2D eigenvalue weighted by Crippen LogP contribution is 2.29. The second kappa shape index (κ2) is 8.64. The summed E-state index contributed by atoms with van der Waals surface area (Å²) < 4.78 is 5.86. The average Bonchev–Trinajstić information content (AvgIpc) is 3.53. The van der Waals surface area contributed by atoms with Crippen molar-refractivity contribution in [1.82, 2.24) is 25.6 Å². The van der Waals surface area contributed by atoms with Gasteiger partial charge in [0.25, 0.3) is 5.89 Å². The van der Waals surface area contributed by atoms with Crippen LogP contribution < -0.4 is 27.2 Å². The third-order valence-corrected chi connectivity index (χ3v) is 6.16. The molecule has 0 saturated carbocycles. The van der Waals surface area contributed by atoms with Crippen LogP contribution in [0.4, 0.5) is 12.0 Å². The number of fused-ring (bicyclic) bond motifs is 1. The monoisotopic (exact) mass is 453 g/mol. The van der Waals surface area contributed by atoms with Gasteiger partial charge in [-0.25, -0.2) is 9.97 Å². The standard InChI is InChI=1S/C21H24ClN9O/c22-16-2-1-12-6-17(7-14(12)5-16)28-20-25-8-15(9-26-20)19-29-30-21(32-19)31-4-3-13(11-31)18(23)10-27-24/h1-2,5,8-10,13,17,27H,3-4,6-7,11,23-24H2,(H,25,26,28)/b18-10-. The SMILES string of the molecule is NN/C=C(\N)C1CCN(c2nnc(-c3cnc(NC4Cc5ccc(Cl)cc5C4)nc3)o2)C1. The number of aromatic nitrogens is 4. The van der Waals surface area contributed by atoms with E-state index in [0.29, 0.717) is 35.7 Å². The number of nitrogens with one attached hydrogen (secondary N) is 2. The van der Waals surface area contributed by atoms with Gasteiger partial charge >= 0.3 is 6.01 Å². The molecule has 2 unspecified atom stereocenters. The zero-order valence-corrected chi connectivity index (χ0v) is 18.1. The van der Waals surface area contributed by atoms with Crippen molar-refractivity contribution in [1.29, 1.82) is 0 Å². The summed E-state index contributed by atoms with van der Waals surface area (Å²) in [4.78, 5) is 10.9. The Morgan fingerprint density at radius 1 is 1.19 bits per heavy atom. The van der Waals surface area contributed by atoms with Crippen LogP contribution in [0.2, 0.25) is 5.02 Å². The number of anilines is 2. The summed E-state index contributed by atoms with van der Waals surface area (Å²) in [6.45, 7) is 1.47. The lowest BCUT2D eigenvalue weighted by atomic mass is 10.1. The molecule has 1 aliphatic heterocycles. The Hall–Kier alpha value is -3.37. The van der Waals surface area contributed by atoms with Gasteiger partial charge in [-0.1, -0.05) is 22.8 Å². The van der Waals surface area contributed by atoms with Crippen LogP contribution in [0.1, 0.15) is 17.5 Å². The number of hydrazine groups is 1. The first kappa shape index (κ1) is 20.5. The fourth-order valence-electron chi connectivity index (χ4n) is 4.26. The molecule has 1 aromatic carbocycles. The molecule has 0 bridgehead atoms. The van der Waals surface area contributed by atoms with Crippen LogP contribution in [0, 0.1) is 5.92 Å². The van der Waals surface area contributed by atoms with E-state index in [1.54, 1.807) is 18.6 Å². The Morgan fingerprint density at radius 3 is 2.81 bits per heavy atom. The van der Waals surface area contributed by atoms with Gasteiger partial charge in [-0.05, 0) is 42.5 Å². The minimum atomic E-state index is 0.188. The highest BCUT2D eigenvalue weighted by Gasteiger charge is 2.28. The van der Waals surface area contributed by atoms with Crippen LogP contribution in [0.3, 0.4) is 0 Å². The van der Waals surface area contributed by atoms with Crippen LogP contribution in [0.5, 0.6) is 0 Å². The van der Waals surface area contributed by atoms with E-state index in [4.69, 9.17) is 27.6 Å². The molecule has 5 rings (SSSR count). The molecule has 1 fully saturated rings. The number of hydrogen-bond donors (Lipinski definition) is 4. The van der Waals surface area contributed by atoms with Gasteiger partial charge in [-0.2, -0.15) is 0 Å². The second-order valence-corrected chi connectivity index (χ2v) is 8.53. The predicted molar refractivity (Wildman–Crippen MR) is 122 cm³/mol. The Labute approximate surface area is 190 Å². The molecular formula is C21H24ClN9O. The van der Waals surface area contributed by atoms with Gasteiger partial charge in [0.2, 0.25) is 5.95 Å². The van der Waals surface area contributed by atoms with Crippen molar-refractivity contribution >= 4 is 23.6 Å². The summed E-state index contributed by atoms with van der Waals surface area (Å²) in [5.41, 5.74) is 12.5. The molecule has 166 valence electrons. The maximum atomic E-state index is 6.10. The average molecular weight is 454 g/mol. The van der Waals surface area contributed by atoms with Gasteiger partial charge in [0.05, 0.1) is 5.56 Å². The highest BCUT2D eigenvalue weighted by atomic mass is 35.5. The smallest absolute Gasteiger partial charge is 0.318 e. The molecule has 3 aromatic rings. The van der Waals surface area contributed by atoms with Crippen molar-refractivity contribution < 1.29 is 4.42 Å². The molecule has 2 aromatic heterocycles. The van der Waals surface area contributed by atoms with E-state index in [0.717, 1.165) is 30.8 Å². The lowest BCUT2D eigenvalue weighted by Crippen LogP contribution is -2.24. The molecule has 10 nitrogen and oxygen atoms in total. The first-order chi connectivity index (χ1) is 15.6. The minimum Gasteiger partial charge on any atom is -0.403 e. The lowest BCUT2D eigenvalue weighted by Gasteiger charge is -2.13. The number of benzene rings is 1. The Kier molecular flexibility index (Phi) is 5.54. The van der Waals surface area contributed by atoms with Crippen molar-refractivity contribution in [3.8, 4) is 11.5 Å². The third-order valence-electron chi connectivity index (χ3n) is 5.93. The summed E-state index contributed by atoms with van der Waals surface area (Å²) in [6.07, 6.45) is 7.69. The first-order valence-corrected chi connectivity index (χ1v) is 10.8. The molecule has 2 aliphatic rings. The zero-order chi connectivity index (χ0) is 22.1. The van der Waals surface area contributed by atoms with Crippen molar-refractivity contribution in [3.63, 3.8) is 0 Å². The van der Waals surface area contributed by atoms with Crippen molar-refractivity contribution in [3.05, 3.63) is 58.6 Å². The molecule has 6 N–H and O–H groups in total. The molecule has 0 amide bonds. The summed E-state index contributed by atoms with van der Waals surface area (Å²) in [5, 5.41) is 12.5. The van der Waals surface area contributed by atoms with Crippen molar-refractivity contribution in [2.75, 3.05) is 23.3 Å². The molecule has 1 aliphatic carbocycles. The van der Waals surface area contributed by atoms with E-state index in [1.807, 2.05) is 17.0 Å². The van der Waals surface area contributed by atoms with E-state index < -0.39 is 0 Å². The van der Waals surface area contributed by atoms with Crippen LogP contribution in [0.15, 0.2) is 46.9 Å². The van der Waals surface area contributed by atoms with Gasteiger partial charge in [0, 0.05) is 54.4 Å². The first-order valence-electron chi connectivity index (χ1n) is 10.5. The number of rotatable bonds is 6. The number of hydrogen-bond acceptors (Lipinski definition) is 10. The van der Waals surface area contributed by atoms with E-state index >= 15 is 0 Å². The number of nitrogens with zero attached hydrogens (tertiary/aromatic N) is 5. The van der Waals surface area contributed by atoms with Gasteiger partial charge in [-0.3, -0.25) is 5.84 Å². The quantitative estimate of drug-likeness (QED) is 0.322. The van der Waals surface area contributed by atoms with Crippen LogP contribution in [0.25, 0.3) is 11.5 Å². The molecule has 1 saturated heterocycles. The van der Waals surface area contributed by atoms with Gasteiger partial charge in [-0.15, -0.1) is 5.10 Å². The van der Waals surface area contributed by atoms with Crippen LogP contribution in [-0.4, -0.2) is 39.3 Å². The number of halogens is 1. The maximum Gasteiger partial charge on any atom is 0.318 e. The molecular weight excluding hydrogens is 430 g/mol. The highest BCUT2D eigenvalue weighted by molar-refractivity contribution is 6.30. The molecule has 2 atom stereocenters. The van der Waals surface area contributed by atoms with E-state index in [1.165, 1.54) is 11.1 Å². The summed E-state index contributed by atoms with van der Waals surface area (Å²) in [5.74, 6) is 6.44. The summed E-state index contributed by atoms with van der Waals surface area (Å²) >= 11 is 6.10. The second-order valence-electron chi connectivity index (χ2n) is 8.09. The Morgan fingerprint density at radius 2 is 2.00 bits per heavy atom. The van der Waals surface area contributed by atoms with Gasteiger partial charge < -0.3 is 25.8 Å². The van der Waals surface area contributed by atoms with E-state index in [-0.39, 0.29) is 12.0 Å². The van der Waals surface area contributed by atoms with Gasteiger partial charge in [0.1, 0.15) is 0 Å². The minimum absolute atomic E-state index is 0.188. The number of nitrogens with two attached hydrogens (primary N) is 2. The third kappa shape index (κ3) is 4.19. The predicted octanol–water partition coefficient (Wildman–Crippen LogP) is 1.85. The molecule has 3 heterocycles. The fourth-order valence-corrected chi connectivity index (χ4v) is 4.46. The summed E-state index contributed by atoms with van der Waals surface area (Å²) in [7, 11) is 0. The van der Waals surface area contributed by atoms with E-state index in [9.17, 15) is 0 Å². The zero-order valence-electron chi connectivity index (χ0n) is 17.3. The fraction of sp³-hybridized carbons (Fsp3) is 0.333. The van der Waals surface area contributed by atoms with E-state index in [2.05, 4.69) is 37.0 Å². The van der Waals surface area contributed by atoms with Crippen molar-refractivity contribution in [2.24, 2.45) is 17.5 Å². The molecule has 32 heavy (non-hydrogen) atoms. The topological polar surface area (TPSA) is 144 Å². The summed E-state index contributed by atoms with van der Waals surface area (Å²) in [6, 6.07) is 6.73. The largest absolute Gasteiger partial charge is 0.403 e. The molecule has 11 heteroatoms.